The summed E-state index contributed by atoms with van der Waals surface area (Å²) in [5, 5.41) is 0. The Kier molecular flexibility index (Phi) is 5.63. The quantitative estimate of drug-likeness (QED) is 0.664. The van der Waals surface area contributed by atoms with Crippen LogP contribution in [0.25, 0.3) is 11.0 Å². The van der Waals surface area contributed by atoms with Gasteiger partial charge in [0.1, 0.15) is 12.4 Å². The first-order chi connectivity index (χ1) is 12.7. The first kappa shape index (κ1) is 17.7. The molecule has 3 rings (SSSR count). The number of hydrogen-bond donors (Lipinski definition) is 1. The molecule has 3 aromatic rings. The summed E-state index contributed by atoms with van der Waals surface area (Å²) < 4.78 is 4.72. The van der Waals surface area contributed by atoms with Gasteiger partial charge in [-0.2, -0.15) is 0 Å². The lowest BCUT2D eigenvalue weighted by molar-refractivity contribution is -0.147. The summed E-state index contributed by atoms with van der Waals surface area (Å²) in [7, 11) is 1.32. The molecule has 0 saturated heterocycles. The van der Waals surface area contributed by atoms with E-state index in [-0.39, 0.29) is 18.9 Å². The van der Waals surface area contributed by atoms with Crippen LogP contribution in [-0.2, 0) is 27.3 Å². The molecule has 1 N–H and O–H groups in total. The normalized spacial score (nSPS) is 10.7. The lowest BCUT2D eigenvalue weighted by atomic mass is 10.2. The molecule has 26 heavy (non-hydrogen) atoms. The predicted octanol–water partition coefficient (Wildman–Crippen LogP) is 2.70. The minimum atomic E-state index is -0.432. The number of imidazole rings is 1. The van der Waals surface area contributed by atoms with Crippen molar-refractivity contribution in [1.29, 1.82) is 0 Å². The molecule has 6 nitrogen and oxygen atoms in total. The highest BCUT2D eigenvalue weighted by Crippen LogP contribution is 2.13. The molecule has 0 fully saturated rings. The molecular weight excluding hydrogens is 330 g/mol. The molecule has 2 aromatic carbocycles. The van der Waals surface area contributed by atoms with Crippen LogP contribution < -0.4 is 0 Å². The van der Waals surface area contributed by atoms with Crippen LogP contribution in [0.15, 0.2) is 54.6 Å². The van der Waals surface area contributed by atoms with E-state index in [0.717, 1.165) is 22.4 Å². The Bertz CT molecular complexity index is 856. The molecule has 6 heteroatoms. The highest BCUT2D eigenvalue weighted by atomic mass is 16.5. The third kappa shape index (κ3) is 4.47. The fourth-order valence-electron chi connectivity index (χ4n) is 2.76. The van der Waals surface area contributed by atoms with Gasteiger partial charge in [0.25, 0.3) is 0 Å². The fraction of sp³-hybridized carbons (Fsp3) is 0.250. The van der Waals surface area contributed by atoms with E-state index in [9.17, 15) is 9.59 Å². The number of carbonyl (C=O) groups is 2. The number of ether oxygens (including phenoxy) is 1. The topological polar surface area (TPSA) is 75.3 Å². The number of amides is 1. The van der Waals surface area contributed by atoms with Crippen LogP contribution in [0.4, 0.5) is 0 Å². The van der Waals surface area contributed by atoms with Crippen LogP contribution in [0.5, 0.6) is 0 Å². The van der Waals surface area contributed by atoms with Crippen LogP contribution in [-0.4, -0.2) is 40.4 Å². The van der Waals surface area contributed by atoms with E-state index < -0.39 is 5.97 Å². The SMILES string of the molecule is COC(=O)CN(Cc1ccccc1)C(=O)CCc1nc2ccccc2[nH]1. The number of methoxy groups -OCH3 is 1. The number of hydrogen-bond acceptors (Lipinski definition) is 4. The van der Waals surface area contributed by atoms with Crippen molar-refractivity contribution in [3.05, 3.63) is 66.0 Å². The minimum Gasteiger partial charge on any atom is -0.468 e. The third-order valence-corrected chi connectivity index (χ3v) is 4.13. The standard InChI is InChI=1S/C20H21N3O3/c1-26-20(25)14-23(13-15-7-3-2-4-8-15)19(24)12-11-18-21-16-9-5-6-10-17(16)22-18/h2-10H,11-14H2,1H3,(H,21,22). The van der Waals surface area contributed by atoms with Gasteiger partial charge in [-0.05, 0) is 17.7 Å². The summed E-state index contributed by atoms with van der Waals surface area (Å²) in [6.07, 6.45) is 0.754. The van der Waals surface area contributed by atoms with Crippen molar-refractivity contribution < 1.29 is 14.3 Å². The highest BCUT2D eigenvalue weighted by molar-refractivity contribution is 5.82. The van der Waals surface area contributed by atoms with Crippen molar-refractivity contribution in [3.8, 4) is 0 Å². The van der Waals surface area contributed by atoms with Crippen LogP contribution >= 0.6 is 0 Å². The number of aromatic amines is 1. The van der Waals surface area contributed by atoms with Crippen LogP contribution in [0.1, 0.15) is 17.8 Å². The van der Waals surface area contributed by atoms with E-state index in [1.807, 2.05) is 54.6 Å². The Morgan fingerprint density at radius 2 is 1.81 bits per heavy atom. The van der Waals surface area contributed by atoms with Crippen molar-refractivity contribution in [2.45, 2.75) is 19.4 Å². The lowest BCUT2D eigenvalue weighted by Crippen LogP contribution is -2.35. The van der Waals surface area contributed by atoms with E-state index in [1.165, 1.54) is 12.0 Å². The molecule has 1 heterocycles. The van der Waals surface area contributed by atoms with Gasteiger partial charge in [0, 0.05) is 19.4 Å². The summed E-state index contributed by atoms with van der Waals surface area (Å²) in [6, 6.07) is 17.3. The number of fused-ring (bicyclic) bond motifs is 1. The molecule has 0 atom stereocenters. The van der Waals surface area contributed by atoms with Gasteiger partial charge in [-0.1, -0.05) is 42.5 Å². The minimum absolute atomic E-state index is 0.0651. The third-order valence-electron chi connectivity index (χ3n) is 4.13. The Morgan fingerprint density at radius 1 is 1.08 bits per heavy atom. The molecule has 0 unspecified atom stereocenters. The van der Waals surface area contributed by atoms with Crippen molar-refractivity contribution in [2.75, 3.05) is 13.7 Å². The Morgan fingerprint density at radius 3 is 2.54 bits per heavy atom. The maximum Gasteiger partial charge on any atom is 0.325 e. The Balaban J connectivity index is 1.66. The molecule has 1 aromatic heterocycles. The van der Waals surface area contributed by atoms with Gasteiger partial charge in [-0.25, -0.2) is 4.98 Å². The highest BCUT2D eigenvalue weighted by Gasteiger charge is 2.18. The van der Waals surface area contributed by atoms with Gasteiger partial charge in [-0.15, -0.1) is 0 Å². The molecule has 134 valence electrons. The zero-order valence-electron chi connectivity index (χ0n) is 14.6. The van der Waals surface area contributed by atoms with Crippen molar-refractivity contribution >= 4 is 22.9 Å². The molecule has 0 aliphatic rings. The maximum atomic E-state index is 12.7. The van der Waals surface area contributed by atoms with Crippen molar-refractivity contribution in [1.82, 2.24) is 14.9 Å². The van der Waals surface area contributed by atoms with E-state index >= 15 is 0 Å². The largest absolute Gasteiger partial charge is 0.468 e. The number of para-hydroxylation sites is 2. The van der Waals surface area contributed by atoms with Gasteiger partial charge >= 0.3 is 5.97 Å². The second-order valence-corrected chi connectivity index (χ2v) is 6.01. The zero-order chi connectivity index (χ0) is 18.4. The Hall–Kier alpha value is -3.15. The smallest absolute Gasteiger partial charge is 0.325 e. The van der Waals surface area contributed by atoms with Crippen molar-refractivity contribution in [3.63, 3.8) is 0 Å². The number of nitrogens with one attached hydrogen (secondary N) is 1. The molecule has 0 bridgehead atoms. The van der Waals surface area contributed by atoms with E-state index in [2.05, 4.69) is 9.97 Å². The summed E-state index contributed by atoms with van der Waals surface area (Å²) in [5.41, 5.74) is 2.80. The monoisotopic (exact) mass is 351 g/mol. The molecule has 0 aliphatic heterocycles. The molecule has 0 saturated carbocycles. The summed E-state index contributed by atoms with van der Waals surface area (Å²) in [6.45, 7) is 0.305. The average molecular weight is 351 g/mol. The Labute approximate surface area is 151 Å². The van der Waals surface area contributed by atoms with Gasteiger partial charge in [0.2, 0.25) is 5.91 Å². The van der Waals surface area contributed by atoms with Gasteiger partial charge in [0.05, 0.1) is 18.1 Å². The second kappa shape index (κ2) is 8.29. The second-order valence-electron chi connectivity index (χ2n) is 6.01. The predicted molar refractivity (Wildman–Crippen MR) is 98.3 cm³/mol. The lowest BCUT2D eigenvalue weighted by Gasteiger charge is -2.21. The molecule has 0 radical (unpaired) electrons. The molecule has 0 aliphatic carbocycles. The first-order valence-corrected chi connectivity index (χ1v) is 8.48. The summed E-state index contributed by atoms with van der Waals surface area (Å²) in [4.78, 5) is 33.6. The number of aromatic nitrogens is 2. The van der Waals surface area contributed by atoms with Gasteiger partial charge in [0.15, 0.2) is 0 Å². The van der Waals surface area contributed by atoms with E-state index in [4.69, 9.17) is 4.74 Å². The maximum absolute atomic E-state index is 12.7. The number of carbonyl (C=O) groups excluding carboxylic acids is 2. The number of esters is 1. The number of benzene rings is 2. The number of aryl methyl sites for hydroxylation is 1. The number of rotatable bonds is 7. The van der Waals surface area contributed by atoms with Crippen molar-refractivity contribution in [2.24, 2.45) is 0 Å². The molecule has 0 spiro atoms. The van der Waals surface area contributed by atoms with Gasteiger partial charge < -0.3 is 14.6 Å². The van der Waals surface area contributed by atoms with E-state index in [1.54, 1.807) is 0 Å². The number of H-pyrrole nitrogens is 1. The van der Waals surface area contributed by atoms with E-state index in [0.29, 0.717) is 13.0 Å². The fourth-order valence-corrected chi connectivity index (χ4v) is 2.76. The van der Waals surface area contributed by atoms with Crippen LogP contribution in [0.3, 0.4) is 0 Å². The zero-order valence-corrected chi connectivity index (χ0v) is 14.6. The average Bonchev–Trinajstić information content (AvgIpc) is 3.09. The molecule has 1 amide bonds. The van der Waals surface area contributed by atoms with Crippen LogP contribution in [0, 0.1) is 0 Å². The summed E-state index contributed by atoms with van der Waals surface area (Å²) >= 11 is 0. The first-order valence-electron chi connectivity index (χ1n) is 8.48. The van der Waals surface area contributed by atoms with Gasteiger partial charge in [-0.3, -0.25) is 9.59 Å². The van der Waals surface area contributed by atoms with Crippen LogP contribution in [0.2, 0.25) is 0 Å². The summed E-state index contributed by atoms with van der Waals surface area (Å²) in [5.74, 6) is 0.218. The molecular formula is C20H21N3O3. The number of nitrogens with zero attached hydrogens (tertiary/aromatic N) is 2.